The minimum Gasteiger partial charge on any atom is -0.385 e. The molecule has 132 valence electrons. The second-order valence-electron chi connectivity index (χ2n) is 6.07. The van der Waals surface area contributed by atoms with E-state index in [4.69, 9.17) is 4.74 Å². The van der Waals surface area contributed by atoms with E-state index < -0.39 is 29.0 Å². The number of hydrogen-bond donors (Lipinski definition) is 2. The van der Waals surface area contributed by atoms with Crippen molar-refractivity contribution in [3.63, 3.8) is 0 Å². The molecule has 1 atom stereocenters. The molecule has 2 rings (SSSR count). The Morgan fingerprint density at radius 2 is 2.00 bits per heavy atom. The molecule has 0 bridgehead atoms. The van der Waals surface area contributed by atoms with Crippen LogP contribution in [0.5, 0.6) is 0 Å². The Kier molecular flexibility index (Phi) is 5.88. The van der Waals surface area contributed by atoms with Crippen LogP contribution in [0.25, 0.3) is 0 Å². The van der Waals surface area contributed by atoms with E-state index in [0.29, 0.717) is 13.0 Å². The predicted molar refractivity (Wildman–Crippen MR) is 84.1 cm³/mol. The maximum atomic E-state index is 13.5. The summed E-state index contributed by atoms with van der Waals surface area (Å²) in [5, 5.41) is 5.13. The number of likely N-dealkylation sites (N-methyl/N-ethyl adjacent to an activating group) is 1. The van der Waals surface area contributed by atoms with E-state index >= 15 is 0 Å². The molecule has 0 saturated heterocycles. The van der Waals surface area contributed by atoms with Crippen LogP contribution in [0.15, 0.2) is 18.2 Å². The summed E-state index contributed by atoms with van der Waals surface area (Å²) in [4.78, 5) is 24.8. The summed E-state index contributed by atoms with van der Waals surface area (Å²) in [6, 6.07) is 2.09. The van der Waals surface area contributed by atoms with Gasteiger partial charge in [0.05, 0.1) is 5.41 Å². The maximum Gasteiger partial charge on any atom is 0.246 e. The number of carbonyl (C=O) groups excluding carboxylic acids is 2. The van der Waals surface area contributed by atoms with Crippen LogP contribution in [-0.4, -0.2) is 32.6 Å². The summed E-state index contributed by atoms with van der Waals surface area (Å²) >= 11 is 0. The van der Waals surface area contributed by atoms with E-state index in [1.807, 2.05) is 0 Å². The second kappa shape index (κ2) is 7.70. The number of nitrogens with one attached hydrogen (secondary N) is 2. The fourth-order valence-corrected chi connectivity index (χ4v) is 2.91. The zero-order chi connectivity index (χ0) is 17.7. The quantitative estimate of drug-likeness (QED) is 0.799. The van der Waals surface area contributed by atoms with Crippen LogP contribution in [0.4, 0.5) is 8.78 Å². The fourth-order valence-electron chi connectivity index (χ4n) is 2.91. The van der Waals surface area contributed by atoms with Gasteiger partial charge in [-0.05, 0) is 37.0 Å². The van der Waals surface area contributed by atoms with E-state index in [0.717, 1.165) is 31.4 Å². The molecule has 2 amide bonds. The average Bonchev–Trinajstić information content (AvgIpc) is 2.53. The highest BCUT2D eigenvalue weighted by Gasteiger charge is 2.44. The zero-order valence-corrected chi connectivity index (χ0v) is 13.8. The van der Waals surface area contributed by atoms with E-state index in [2.05, 4.69) is 10.6 Å². The summed E-state index contributed by atoms with van der Waals surface area (Å²) in [6.45, 7) is 0.448. The molecule has 1 aromatic carbocycles. The Balaban J connectivity index is 2.21. The van der Waals surface area contributed by atoms with Crippen LogP contribution in [0, 0.1) is 17.0 Å². The number of amides is 2. The van der Waals surface area contributed by atoms with Crippen molar-refractivity contribution < 1.29 is 23.1 Å². The fraction of sp³-hybridized carbons (Fsp3) is 0.529. The lowest BCUT2D eigenvalue weighted by Crippen LogP contribution is -2.50. The highest BCUT2D eigenvalue weighted by atomic mass is 19.2. The van der Waals surface area contributed by atoms with Crippen molar-refractivity contribution >= 4 is 11.8 Å². The molecule has 0 aliphatic heterocycles. The summed E-state index contributed by atoms with van der Waals surface area (Å²) < 4.78 is 31.7. The maximum absolute atomic E-state index is 13.5. The lowest BCUT2D eigenvalue weighted by Gasteiger charge is -2.41. The first kappa shape index (κ1) is 18.3. The molecule has 0 spiro atoms. The first-order chi connectivity index (χ1) is 11.4. The Labute approximate surface area is 139 Å². The van der Waals surface area contributed by atoms with Gasteiger partial charge in [-0.1, -0.05) is 12.5 Å². The second-order valence-corrected chi connectivity index (χ2v) is 6.07. The smallest absolute Gasteiger partial charge is 0.246 e. The third kappa shape index (κ3) is 3.72. The van der Waals surface area contributed by atoms with Crippen LogP contribution in [-0.2, 0) is 14.3 Å². The zero-order valence-electron chi connectivity index (χ0n) is 13.8. The number of benzene rings is 1. The van der Waals surface area contributed by atoms with Gasteiger partial charge in [0.2, 0.25) is 11.8 Å². The molecule has 5 nitrogen and oxygen atoms in total. The summed E-state index contributed by atoms with van der Waals surface area (Å²) in [5.74, 6) is -2.82. The van der Waals surface area contributed by atoms with Crippen molar-refractivity contribution in [2.24, 2.45) is 5.41 Å². The van der Waals surface area contributed by atoms with Gasteiger partial charge in [0.25, 0.3) is 0 Å². The largest absolute Gasteiger partial charge is 0.385 e. The van der Waals surface area contributed by atoms with Gasteiger partial charge < -0.3 is 15.4 Å². The van der Waals surface area contributed by atoms with Crippen molar-refractivity contribution in [2.75, 3.05) is 20.8 Å². The normalized spacial score (nSPS) is 16.8. The standard InChI is InChI=1S/C17H22F2N2O3/c1-20-15(22)14(11-4-5-12(18)13(19)10-11)21-16(23)17(6-3-7-17)8-9-24-2/h4-5,10,14H,3,6-9H2,1-2H3,(H,20,22)(H,21,23)/t14-/m1/s1. The molecule has 1 saturated carbocycles. The van der Waals surface area contributed by atoms with Gasteiger partial charge >= 0.3 is 0 Å². The highest BCUT2D eigenvalue weighted by molar-refractivity contribution is 5.91. The van der Waals surface area contributed by atoms with Crippen molar-refractivity contribution in [3.8, 4) is 0 Å². The first-order valence-electron chi connectivity index (χ1n) is 7.90. The van der Waals surface area contributed by atoms with Gasteiger partial charge in [0.15, 0.2) is 11.6 Å². The Morgan fingerprint density at radius 1 is 1.29 bits per heavy atom. The van der Waals surface area contributed by atoms with Crippen molar-refractivity contribution in [1.82, 2.24) is 10.6 Å². The third-order valence-corrected chi connectivity index (χ3v) is 4.64. The number of hydrogen-bond acceptors (Lipinski definition) is 3. The van der Waals surface area contributed by atoms with Gasteiger partial charge in [-0.2, -0.15) is 0 Å². The van der Waals surface area contributed by atoms with Gasteiger partial charge in [-0.3, -0.25) is 9.59 Å². The molecule has 2 N–H and O–H groups in total. The summed E-state index contributed by atoms with van der Waals surface area (Å²) in [7, 11) is 2.99. The van der Waals surface area contributed by atoms with Gasteiger partial charge in [-0.15, -0.1) is 0 Å². The Hall–Kier alpha value is -2.02. The van der Waals surface area contributed by atoms with Crippen molar-refractivity contribution in [3.05, 3.63) is 35.4 Å². The van der Waals surface area contributed by atoms with Crippen molar-refractivity contribution in [2.45, 2.75) is 31.7 Å². The molecule has 7 heteroatoms. The molecular weight excluding hydrogens is 318 g/mol. The minimum atomic E-state index is -1.07. The average molecular weight is 340 g/mol. The molecule has 1 aliphatic carbocycles. The molecule has 24 heavy (non-hydrogen) atoms. The van der Waals surface area contributed by atoms with Gasteiger partial charge in [-0.25, -0.2) is 8.78 Å². The molecular formula is C17H22F2N2O3. The predicted octanol–water partition coefficient (Wildman–Crippen LogP) is 2.07. The summed E-state index contributed by atoms with van der Waals surface area (Å²) in [5.41, 5.74) is -0.358. The molecule has 1 aliphatic rings. The van der Waals surface area contributed by atoms with E-state index in [-0.39, 0.29) is 11.5 Å². The molecule has 0 aromatic heterocycles. The number of carbonyl (C=O) groups is 2. The summed E-state index contributed by atoms with van der Waals surface area (Å²) in [6.07, 6.45) is 2.95. The monoisotopic (exact) mass is 340 g/mol. The lowest BCUT2D eigenvalue weighted by molar-refractivity contribution is -0.140. The Bertz CT molecular complexity index is 618. The van der Waals surface area contributed by atoms with Crippen LogP contribution >= 0.6 is 0 Å². The molecule has 0 heterocycles. The van der Waals surface area contributed by atoms with Crippen LogP contribution < -0.4 is 10.6 Å². The highest BCUT2D eigenvalue weighted by Crippen LogP contribution is 2.44. The minimum absolute atomic E-state index is 0.197. The van der Waals surface area contributed by atoms with E-state index in [9.17, 15) is 18.4 Å². The van der Waals surface area contributed by atoms with Crippen molar-refractivity contribution in [1.29, 1.82) is 0 Å². The number of methoxy groups -OCH3 is 1. The number of ether oxygens (including phenoxy) is 1. The molecule has 1 fully saturated rings. The molecule has 0 unspecified atom stereocenters. The Morgan fingerprint density at radius 3 is 2.50 bits per heavy atom. The number of rotatable bonds is 7. The molecule has 1 aromatic rings. The third-order valence-electron chi connectivity index (χ3n) is 4.64. The topological polar surface area (TPSA) is 67.4 Å². The SMILES string of the molecule is CNC(=O)[C@H](NC(=O)C1(CCOC)CCC1)c1ccc(F)c(F)c1. The van der Waals surface area contributed by atoms with Gasteiger partial charge in [0.1, 0.15) is 6.04 Å². The number of halogens is 2. The lowest BCUT2D eigenvalue weighted by atomic mass is 9.66. The van der Waals surface area contributed by atoms with Crippen LogP contribution in [0.3, 0.4) is 0 Å². The van der Waals surface area contributed by atoms with E-state index in [1.165, 1.54) is 13.1 Å². The van der Waals surface area contributed by atoms with E-state index in [1.54, 1.807) is 7.11 Å². The molecule has 0 radical (unpaired) electrons. The van der Waals surface area contributed by atoms with Crippen LogP contribution in [0.2, 0.25) is 0 Å². The van der Waals surface area contributed by atoms with Crippen LogP contribution in [0.1, 0.15) is 37.3 Å². The first-order valence-corrected chi connectivity index (χ1v) is 7.90. The van der Waals surface area contributed by atoms with Gasteiger partial charge in [0, 0.05) is 20.8 Å².